The second-order valence-corrected chi connectivity index (χ2v) is 6.49. The molecular weight excluding hydrogens is 343 g/mol. The van der Waals surface area contributed by atoms with Crippen molar-refractivity contribution in [3.05, 3.63) is 46.5 Å². The molecule has 1 aliphatic rings. The van der Waals surface area contributed by atoms with Gasteiger partial charge in [-0.05, 0) is 50.8 Å². The van der Waals surface area contributed by atoms with Crippen molar-refractivity contribution >= 4 is 18.3 Å². The number of aryl methyl sites for hydroxylation is 1. The van der Waals surface area contributed by atoms with Gasteiger partial charge in [0.1, 0.15) is 11.5 Å². The highest BCUT2D eigenvalue weighted by atomic mass is 35.5. The summed E-state index contributed by atoms with van der Waals surface area (Å²) >= 11 is 0. The summed E-state index contributed by atoms with van der Waals surface area (Å²) in [7, 11) is 1.73. The maximum atomic E-state index is 14.4. The summed E-state index contributed by atoms with van der Waals surface area (Å²) in [6.45, 7) is 4.13. The highest BCUT2D eigenvalue weighted by Gasteiger charge is 2.30. The number of nitrogens with two attached hydrogens (primary N) is 1. The fourth-order valence-electron chi connectivity index (χ4n) is 3.12. The van der Waals surface area contributed by atoms with Crippen molar-refractivity contribution in [2.24, 2.45) is 5.73 Å². The Morgan fingerprint density at radius 3 is 2.80 bits per heavy atom. The topological polar surface area (TPSA) is 64.2 Å². The molecule has 136 valence electrons. The van der Waals surface area contributed by atoms with Crippen molar-refractivity contribution < 1.29 is 9.18 Å². The monoisotopic (exact) mass is 366 g/mol. The molecule has 1 aromatic heterocycles. The minimum atomic E-state index is -0.324. The quantitative estimate of drug-likeness (QED) is 0.904. The van der Waals surface area contributed by atoms with Gasteiger partial charge in [-0.1, -0.05) is 6.07 Å². The zero-order valence-electron chi connectivity index (χ0n) is 14.8. The number of hydrogen-bond donors (Lipinski definition) is 1. The van der Waals surface area contributed by atoms with Crippen molar-refractivity contribution in [2.45, 2.75) is 39.2 Å². The molecule has 0 saturated carbocycles. The minimum absolute atomic E-state index is 0. The summed E-state index contributed by atoms with van der Waals surface area (Å²) in [6.07, 6.45) is 2.56. The molecule has 0 spiro atoms. The van der Waals surface area contributed by atoms with Crippen LogP contribution in [0, 0.1) is 12.7 Å². The SMILES string of the molecule is Cc1ccc(-n2nc(C(=O)N(C)C(C)CN)c3c2CCC3)c(F)c1.Cl. The lowest BCUT2D eigenvalue weighted by molar-refractivity contribution is 0.0741. The Hall–Kier alpha value is -1.92. The molecule has 2 aromatic rings. The maximum absolute atomic E-state index is 14.4. The predicted molar refractivity (Wildman–Crippen MR) is 98.1 cm³/mol. The van der Waals surface area contributed by atoms with Crippen molar-refractivity contribution in [2.75, 3.05) is 13.6 Å². The fraction of sp³-hybridized carbons (Fsp3) is 0.444. The number of carbonyl (C=O) groups excluding carboxylic acids is 1. The van der Waals surface area contributed by atoms with Crippen LogP contribution >= 0.6 is 12.4 Å². The number of nitrogens with zero attached hydrogens (tertiary/aromatic N) is 3. The molecule has 0 saturated heterocycles. The maximum Gasteiger partial charge on any atom is 0.274 e. The first-order valence-corrected chi connectivity index (χ1v) is 8.28. The normalized spacial score (nSPS) is 14.0. The van der Waals surface area contributed by atoms with E-state index in [0.717, 1.165) is 36.1 Å². The smallest absolute Gasteiger partial charge is 0.274 e. The number of carbonyl (C=O) groups is 1. The standard InChI is InChI=1S/C18H23FN4O.ClH/c1-11-7-8-16(14(19)9-11)23-15-6-4-5-13(15)17(21-23)18(24)22(3)12(2)10-20;/h7-9,12H,4-6,10,20H2,1-3H3;1H. The third-order valence-electron chi connectivity index (χ3n) is 4.79. The van der Waals surface area contributed by atoms with Crippen LogP contribution in [0.15, 0.2) is 18.2 Å². The van der Waals surface area contributed by atoms with Crippen molar-refractivity contribution in [1.29, 1.82) is 0 Å². The summed E-state index contributed by atoms with van der Waals surface area (Å²) in [6, 6.07) is 4.99. The molecular formula is C18H24ClFN4O. The molecule has 1 aromatic carbocycles. The van der Waals surface area contributed by atoms with Crippen LogP contribution in [-0.4, -0.2) is 40.2 Å². The predicted octanol–water partition coefficient (Wildman–Crippen LogP) is 2.65. The van der Waals surface area contributed by atoms with Crippen LogP contribution < -0.4 is 5.73 Å². The van der Waals surface area contributed by atoms with Crippen LogP contribution in [0.4, 0.5) is 4.39 Å². The molecule has 5 nitrogen and oxygen atoms in total. The molecule has 0 fully saturated rings. The largest absolute Gasteiger partial charge is 0.336 e. The zero-order chi connectivity index (χ0) is 17.4. The third kappa shape index (κ3) is 3.41. The average Bonchev–Trinajstić information content (AvgIpc) is 3.15. The van der Waals surface area contributed by atoms with E-state index >= 15 is 0 Å². The number of rotatable bonds is 4. The minimum Gasteiger partial charge on any atom is -0.336 e. The zero-order valence-corrected chi connectivity index (χ0v) is 15.6. The van der Waals surface area contributed by atoms with Crippen LogP contribution in [0.5, 0.6) is 0 Å². The number of fused-ring (bicyclic) bond motifs is 1. The number of aromatic nitrogens is 2. The van der Waals surface area contributed by atoms with Gasteiger partial charge in [-0.25, -0.2) is 9.07 Å². The van der Waals surface area contributed by atoms with E-state index in [4.69, 9.17) is 5.73 Å². The van der Waals surface area contributed by atoms with Gasteiger partial charge in [-0.15, -0.1) is 12.4 Å². The van der Waals surface area contributed by atoms with E-state index in [1.807, 2.05) is 19.9 Å². The summed E-state index contributed by atoms with van der Waals surface area (Å²) in [5, 5.41) is 4.47. The third-order valence-corrected chi connectivity index (χ3v) is 4.79. The van der Waals surface area contributed by atoms with Gasteiger partial charge >= 0.3 is 0 Å². The molecule has 3 rings (SSSR count). The molecule has 1 heterocycles. The Morgan fingerprint density at radius 1 is 1.44 bits per heavy atom. The Kier molecular flexibility index (Phi) is 5.85. The van der Waals surface area contributed by atoms with E-state index in [-0.39, 0.29) is 30.2 Å². The summed E-state index contributed by atoms with van der Waals surface area (Å²) in [5.41, 5.74) is 9.22. The molecule has 0 aliphatic heterocycles. The van der Waals surface area contributed by atoms with Crippen molar-refractivity contribution in [3.63, 3.8) is 0 Å². The molecule has 7 heteroatoms. The van der Waals surface area contributed by atoms with Gasteiger partial charge in [-0.2, -0.15) is 5.10 Å². The van der Waals surface area contributed by atoms with E-state index in [9.17, 15) is 9.18 Å². The van der Waals surface area contributed by atoms with Crippen LogP contribution in [0.3, 0.4) is 0 Å². The van der Waals surface area contributed by atoms with Gasteiger partial charge < -0.3 is 10.6 Å². The lowest BCUT2D eigenvalue weighted by Crippen LogP contribution is -2.40. The summed E-state index contributed by atoms with van der Waals surface area (Å²) in [5.74, 6) is -0.479. The lowest BCUT2D eigenvalue weighted by atomic mass is 10.1. The Morgan fingerprint density at radius 2 is 2.16 bits per heavy atom. The molecule has 0 radical (unpaired) electrons. The highest BCUT2D eigenvalue weighted by molar-refractivity contribution is 5.94. The lowest BCUT2D eigenvalue weighted by Gasteiger charge is -2.23. The molecule has 1 aliphatic carbocycles. The van der Waals surface area contributed by atoms with E-state index in [1.54, 1.807) is 22.7 Å². The van der Waals surface area contributed by atoms with E-state index in [1.165, 1.54) is 6.07 Å². The van der Waals surface area contributed by atoms with Crippen molar-refractivity contribution in [1.82, 2.24) is 14.7 Å². The van der Waals surface area contributed by atoms with E-state index in [2.05, 4.69) is 5.10 Å². The Balaban J connectivity index is 0.00000225. The Labute approximate surface area is 153 Å². The van der Waals surface area contributed by atoms with Gasteiger partial charge in [0.2, 0.25) is 0 Å². The van der Waals surface area contributed by atoms with Crippen molar-refractivity contribution in [3.8, 4) is 5.69 Å². The van der Waals surface area contributed by atoms with E-state index < -0.39 is 0 Å². The Bertz CT molecular complexity index is 790. The number of amides is 1. The molecule has 1 atom stereocenters. The van der Waals surface area contributed by atoms with Gasteiger partial charge in [-0.3, -0.25) is 4.79 Å². The molecule has 0 bridgehead atoms. The van der Waals surface area contributed by atoms with Crippen LogP contribution in [-0.2, 0) is 12.8 Å². The highest BCUT2D eigenvalue weighted by Crippen LogP contribution is 2.29. The van der Waals surface area contributed by atoms with E-state index in [0.29, 0.717) is 17.9 Å². The fourth-order valence-corrected chi connectivity index (χ4v) is 3.12. The van der Waals surface area contributed by atoms with Gasteiger partial charge in [0, 0.05) is 30.9 Å². The number of benzene rings is 1. The average molecular weight is 367 g/mol. The summed E-state index contributed by atoms with van der Waals surface area (Å²) in [4.78, 5) is 14.4. The van der Waals surface area contributed by atoms with Gasteiger partial charge in [0.05, 0.1) is 0 Å². The molecule has 25 heavy (non-hydrogen) atoms. The van der Waals surface area contributed by atoms with Crippen LogP contribution in [0.1, 0.15) is 40.7 Å². The first-order valence-electron chi connectivity index (χ1n) is 8.28. The first-order chi connectivity index (χ1) is 11.4. The number of halogens is 2. The van der Waals surface area contributed by atoms with Gasteiger partial charge in [0.25, 0.3) is 5.91 Å². The van der Waals surface area contributed by atoms with Crippen LogP contribution in [0.25, 0.3) is 5.69 Å². The summed E-state index contributed by atoms with van der Waals surface area (Å²) < 4.78 is 16.0. The number of hydrogen-bond acceptors (Lipinski definition) is 3. The molecule has 2 N–H and O–H groups in total. The molecule has 1 unspecified atom stereocenters. The second-order valence-electron chi connectivity index (χ2n) is 6.49. The number of likely N-dealkylation sites (N-methyl/N-ethyl adjacent to an activating group) is 1. The molecule has 1 amide bonds. The first kappa shape index (κ1) is 19.4. The second kappa shape index (κ2) is 7.54. The van der Waals surface area contributed by atoms with Crippen LogP contribution in [0.2, 0.25) is 0 Å². The van der Waals surface area contributed by atoms with Gasteiger partial charge in [0.15, 0.2) is 5.69 Å².